The predicted octanol–water partition coefficient (Wildman–Crippen LogP) is 4.26. The molecule has 3 heterocycles. The van der Waals surface area contributed by atoms with E-state index in [1.807, 2.05) is 49.4 Å². The van der Waals surface area contributed by atoms with Gasteiger partial charge in [0.05, 0.1) is 42.2 Å². The van der Waals surface area contributed by atoms with Gasteiger partial charge in [0, 0.05) is 25.3 Å². The van der Waals surface area contributed by atoms with Gasteiger partial charge in [-0.1, -0.05) is 49.0 Å². The van der Waals surface area contributed by atoms with E-state index >= 15 is 0 Å². The highest BCUT2D eigenvalue weighted by molar-refractivity contribution is 8.00. The summed E-state index contributed by atoms with van der Waals surface area (Å²) in [6.45, 7) is 5.69. The van der Waals surface area contributed by atoms with Crippen LogP contribution in [0.5, 0.6) is 0 Å². The molecule has 1 atom stereocenters. The molecule has 4 aromatic rings. The fraction of sp³-hybridized carbons (Fsp3) is 0.345. The molecule has 9 heteroatoms. The van der Waals surface area contributed by atoms with Gasteiger partial charge in [0.25, 0.3) is 5.56 Å². The van der Waals surface area contributed by atoms with Crippen LogP contribution in [0.4, 0.5) is 5.69 Å². The molecule has 1 unspecified atom stereocenters. The van der Waals surface area contributed by atoms with Gasteiger partial charge in [-0.2, -0.15) is 0 Å². The summed E-state index contributed by atoms with van der Waals surface area (Å²) >= 11 is 1.34. The van der Waals surface area contributed by atoms with Gasteiger partial charge in [-0.15, -0.1) is 0 Å². The van der Waals surface area contributed by atoms with E-state index in [1.165, 1.54) is 11.8 Å². The Labute approximate surface area is 226 Å². The topological polar surface area (TPSA) is 89.6 Å². The van der Waals surface area contributed by atoms with Crippen LogP contribution in [0.25, 0.3) is 10.9 Å². The minimum absolute atomic E-state index is 0.0885. The summed E-state index contributed by atoms with van der Waals surface area (Å²) < 4.78 is 12.5. The summed E-state index contributed by atoms with van der Waals surface area (Å²) in [6, 6.07) is 19.6. The van der Waals surface area contributed by atoms with E-state index in [4.69, 9.17) is 14.1 Å². The second kappa shape index (κ2) is 12.3. The van der Waals surface area contributed by atoms with Crippen LogP contribution in [0.1, 0.15) is 24.7 Å². The summed E-state index contributed by atoms with van der Waals surface area (Å²) in [5.74, 6) is 0.582. The molecule has 1 amide bonds. The number of rotatable bonds is 10. The maximum Gasteiger partial charge on any atom is 0.262 e. The molecule has 0 aliphatic carbocycles. The number of aryl methyl sites for hydroxylation is 1. The molecule has 38 heavy (non-hydrogen) atoms. The number of nitrogens with zero attached hydrogens (tertiary/aromatic N) is 3. The maximum absolute atomic E-state index is 13.9. The van der Waals surface area contributed by atoms with E-state index in [-0.39, 0.29) is 11.5 Å². The second-order valence-corrected chi connectivity index (χ2v) is 10.4. The number of aromatic nitrogens is 2. The van der Waals surface area contributed by atoms with Crippen molar-refractivity contribution < 1.29 is 13.9 Å². The number of furan rings is 1. The molecule has 0 radical (unpaired) electrons. The maximum atomic E-state index is 13.9. The van der Waals surface area contributed by atoms with Crippen molar-refractivity contribution in [3.8, 4) is 0 Å². The lowest BCUT2D eigenvalue weighted by atomic mass is 10.1. The van der Waals surface area contributed by atoms with E-state index in [0.717, 1.165) is 24.3 Å². The number of amides is 1. The lowest BCUT2D eigenvalue weighted by Gasteiger charge is -2.29. The highest BCUT2D eigenvalue weighted by Gasteiger charge is 2.23. The van der Waals surface area contributed by atoms with Crippen molar-refractivity contribution in [1.29, 1.82) is 0 Å². The molecule has 1 N–H and O–H groups in total. The number of ether oxygens (including phenoxy) is 1. The molecule has 8 nitrogen and oxygen atoms in total. The normalized spacial score (nSPS) is 14.5. The zero-order chi connectivity index (χ0) is 26.3. The number of thioether (sulfide) groups is 1. The molecule has 0 spiro atoms. The molecule has 5 rings (SSSR count). The van der Waals surface area contributed by atoms with Gasteiger partial charge in [0.15, 0.2) is 5.16 Å². The van der Waals surface area contributed by atoms with Gasteiger partial charge in [-0.05, 0) is 48.7 Å². The van der Waals surface area contributed by atoms with E-state index in [1.54, 1.807) is 16.9 Å². The monoisotopic (exact) mass is 532 g/mol. The predicted molar refractivity (Wildman–Crippen MR) is 150 cm³/mol. The summed E-state index contributed by atoms with van der Waals surface area (Å²) in [4.78, 5) is 34.0. The average molecular weight is 533 g/mol. The molecular formula is C29H32N4O4S. The number of nitrogens with one attached hydrogen (secondary N) is 1. The minimum Gasteiger partial charge on any atom is -0.467 e. The third kappa shape index (κ3) is 6.11. The Morgan fingerprint density at radius 3 is 2.66 bits per heavy atom. The molecule has 2 aromatic carbocycles. The number of carbonyl (C=O) groups is 1. The average Bonchev–Trinajstić information content (AvgIpc) is 3.49. The molecule has 1 saturated heterocycles. The van der Waals surface area contributed by atoms with Crippen molar-refractivity contribution in [2.45, 2.75) is 43.3 Å². The van der Waals surface area contributed by atoms with Gasteiger partial charge in [0.1, 0.15) is 5.76 Å². The highest BCUT2D eigenvalue weighted by atomic mass is 32.2. The van der Waals surface area contributed by atoms with E-state index in [2.05, 4.69) is 22.3 Å². The number of hydrogen-bond acceptors (Lipinski definition) is 7. The van der Waals surface area contributed by atoms with Crippen LogP contribution in [-0.4, -0.2) is 47.0 Å². The Bertz CT molecular complexity index is 1420. The largest absolute Gasteiger partial charge is 0.467 e. The first-order chi connectivity index (χ1) is 18.6. The van der Waals surface area contributed by atoms with Crippen LogP contribution in [0, 0.1) is 0 Å². The van der Waals surface area contributed by atoms with Gasteiger partial charge in [0.2, 0.25) is 5.91 Å². The Hall–Kier alpha value is -3.56. The second-order valence-electron chi connectivity index (χ2n) is 9.20. The molecule has 1 aliphatic rings. The first kappa shape index (κ1) is 26.1. The van der Waals surface area contributed by atoms with Crippen LogP contribution < -0.4 is 15.8 Å². The number of benzene rings is 2. The SMILES string of the molecule is CCC(Sc1nc2ccc(N3CCOCC3)cc2c(=O)n1CCc1ccccc1)C(=O)NCc1ccco1. The van der Waals surface area contributed by atoms with Crippen molar-refractivity contribution in [2.24, 2.45) is 0 Å². The first-order valence-electron chi connectivity index (χ1n) is 13.0. The molecule has 2 aromatic heterocycles. The number of anilines is 1. The van der Waals surface area contributed by atoms with E-state index in [0.29, 0.717) is 61.0 Å². The highest BCUT2D eigenvalue weighted by Crippen LogP contribution is 2.27. The number of carbonyl (C=O) groups excluding carboxylic acids is 1. The quantitative estimate of drug-likeness (QED) is 0.241. The first-order valence-corrected chi connectivity index (χ1v) is 13.9. The van der Waals surface area contributed by atoms with Gasteiger partial charge < -0.3 is 19.4 Å². The molecule has 0 bridgehead atoms. The van der Waals surface area contributed by atoms with Crippen LogP contribution >= 0.6 is 11.8 Å². The van der Waals surface area contributed by atoms with E-state index in [9.17, 15) is 9.59 Å². The summed E-state index contributed by atoms with van der Waals surface area (Å²) in [6.07, 6.45) is 2.87. The van der Waals surface area contributed by atoms with Crippen molar-refractivity contribution in [3.05, 3.63) is 88.6 Å². The zero-order valence-electron chi connectivity index (χ0n) is 21.5. The van der Waals surface area contributed by atoms with Crippen molar-refractivity contribution in [2.75, 3.05) is 31.2 Å². The number of morpholine rings is 1. The van der Waals surface area contributed by atoms with Crippen molar-refractivity contribution in [1.82, 2.24) is 14.9 Å². The van der Waals surface area contributed by atoms with Gasteiger partial charge in [-0.3, -0.25) is 14.2 Å². The van der Waals surface area contributed by atoms with Crippen molar-refractivity contribution >= 4 is 34.3 Å². The summed E-state index contributed by atoms with van der Waals surface area (Å²) in [5.41, 5.74) is 2.69. The molecule has 0 saturated carbocycles. The molecule has 1 fully saturated rings. The Morgan fingerprint density at radius 1 is 1.11 bits per heavy atom. The minimum atomic E-state index is -0.398. The third-order valence-corrected chi connectivity index (χ3v) is 8.03. The van der Waals surface area contributed by atoms with Gasteiger partial charge in [-0.25, -0.2) is 4.98 Å². The standard InChI is InChI=1S/C29H32N4O4S/c1-2-26(27(34)30-20-23-9-6-16-37-23)38-29-31-25-11-10-22(32-14-17-36-18-15-32)19-24(25)28(35)33(29)13-12-21-7-4-3-5-8-21/h3-11,16,19,26H,2,12-15,17-18,20H2,1H3,(H,30,34). The number of hydrogen-bond donors (Lipinski definition) is 1. The lowest BCUT2D eigenvalue weighted by molar-refractivity contribution is -0.120. The van der Waals surface area contributed by atoms with Gasteiger partial charge >= 0.3 is 0 Å². The van der Waals surface area contributed by atoms with Crippen LogP contribution in [0.2, 0.25) is 0 Å². The lowest BCUT2D eigenvalue weighted by Crippen LogP contribution is -2.36. The fourth-order valence-corrected chi connectivity index (χ4v) is 5.59. The Balaban J connectivity index is 1.45. The fourth-order valence-electron chi connectivity index (χ4n) is 4.53. The molecule has 1 aliphatic heterocycles. The van der Waals surface area contributed by atoms with E-state index < -0.39 is 5.25 Å². The van der Waals surface area contributed by atoms with Crippen molar-refractivity contribution in [3.63, 3.8) is 0 Å². The Morgan fingerprint density at radius 2 is 1.92 bits per heavy atom. The smallest absolute Gasteiger partial charge is 0.262 e. The van der Waals surface area contributed by atoms with Crippen LogP contribution in [-0.2, 0) is 29.0 Å². The summed E-state index contributed by atoms with van der Waals surface area (Å²) in [7, 11) is 0. The summed E-state index contributed by atoms with van der Waals surface area (Å²) in [5, 5.41) is 3.68. The third-order valence-electron chi connectivity index (χ3n) is 6.67. The molecule has 198 valence electrons. The molecular weight excluding hydrogens is 500 g/mol. The number of fused-ring (bicyclic) bond motifs is 1. The Kier molecular flexibility index (Phi) is 8.45. The van der Waals surface area contributed by atoms with Crippen LogP contribution in [0.15, 0.2) is 81.3 Å². The van der Waals surface area contributed by atoms with Crippen LogP contribution in [0.3, 0.4) is 0 Å². The zero-order valence-corrected chi connectivity index (χ0v) is 22.3.